The van der Waals surface area contributed by atoms with Gasteiger partial charge < -0.3 is 9.15 Å². The maximum atomic E-state index is 11.9. The van der Waals surface area contributed by atoms with E-state index in [1.54, 1.807) is 36.4 Å². The van der Waals surface area contributed by atoms with E-state index in [0.717, 1.165) is 0 Å². The fourth-order valence-corrected chi connectivity index (χ4v) is 2.02. The molecule has 0 aliphatic carbocycles. The zero-order valence-corrected chi connectivity index (χ0v) is 12.9. The Bertz CT molecular complexity index is 923. The lowest BCUT2D eigenvalue weighted by Crippen LogP contribution is -2.06. The first-order chi connectivity index (χ1) is 11.6. The Labute approximate surface area is 142 Å². The molecule has 0 atom stereocenters. The SMILES string of the molecule is N#CCOC(=O)c1cc(-c2ccc(C=C(C#N)C#N)o2)ccc1Cl. The molecule has 0 saturated carbocycles. The third-order valence-corrected chi connectivity index (χ3v) is 3.22. The number of carbonyl (C=O) groups is 1. The predicted molar refractivity (Wildman–Crippen MR) is 84.3 cm³/mol. The lowest BCUT2D eigenvalue weighted by Gasteiger charge is -2.05. The number of hydrogen-bond donors (Lipinski definition) is 0. The largest absolute Gasteiger partial charge is 0.457 e. The minimum absolute atomic E-state index is 0.0900. The number of carbonyl (C=O) groups excluding carboxylic acids is 1. The van der Waals surface area contributed by atoms with Crippen LogP contribution in [0, 0.1) is 34.0 Å². The van der Waals surface area contributed by atoms with Crippen LogP contribution >= 0.6 is 11.6 Å². The van der Waals surface area contributed by atoms with Crippen molar-refractivity contribution in [2.75, 3.05) is 6.61 Å². The highest BCUT2D eigenvalue weighted by atomic mass is 35.5. The van der Waals surface area contributed by atoms with Crippen molar-refractivity contribution >= 4 is 23.6 Å². The Hall–Kier alpha value is -3.53. The van der Waals surface area contributed by atoms with E-state index in [-0.39, 0.29) is 22.8 Å². The molecule has 1 aromatic carbocycles. The number of ether oxygens (including phenoxy) is 1. The first-order valence-corrected chi connectivity index (χ1v) is 6.92. The van der Waals surface area contributed by atoms with Gasteiger partial charge in [-0.15, -0.1) is 0 Å². The van der Waals surface area contributed by atoms with Crippen LogP contribution in [0.15, 0.2) is 40.3 Å². The second-order valence-electron chi connectivity index (χ2n) is 4.41. The molecule has 7 heteroatoms. The smallest absolute Gasteiger partial charge is 0.340 e. The maximum Gasteiger partial charge on any atom is 0.340 e. The number of benzene rings is 1. The molecular formula is C17H8ClN3O3. The minimum atomic E-state index is -0.716. The number of nitriles is 3. The zero-order valence-electron chi connectivity index (χ0n) is 12.1. The van der Waals surface area contributed by atoms with Crippen LogP contribution in [-0.2, 0) is 4.74 Å². The van der Waals surface area contributed by atoms with Crippen LogP contribution in [0.5, 0.6) is 0 Å². The molecule has 0 amide bonds. The van der Waals surface area contributed by atoms with Crippen molar-refractivity contribution in [1.29, 1.82) is 15.8 Å². The van der Waals surface area contributed by atoms with Gasteiger partial charge in [0.2, 0.25) is 0 Å². The monoisotopic (exact) mass is 337 g/mol. The highest BCUT2D eigenvalue weighted by molar-refractivity contribution is 6.33. The summed E-state index contributed by atoms with van der Waals surface area (Å²) in [6.07, 6.45) is 1.31. The topological polar surface area (TPSA) is 111 Å². The van der Waals surface area contributed by atoms with Gasteiger partial charge >= 0.3 is 5.97 Å². The van der Waals surface area contributed by atoms with Crippen LogP contribution in [0.4, 0.5) is 0 Å². The van der Waals surface area contributed by atoms with Crippen LogP contribution in [0.25, 0.3) is 17.4 Å². The van der Waals surface area contributed by atoms with Crippen LogP contribution < -0.4 is 0 Å². The Morgan fingerprint density at radius 3 is 2.62 bits per heavy atom. The average Bonchev–Trinajstić information content (AvgIpc) is 3.06. The summed E-state index contributed by atoms with van der Waals surface area (Å²) in [5.74, 6) is 0.0282. The molecule has 0 fully saturated rings. The number of nitrogens with zero attached hydrogens (tertiary/aromatic N) is 3. The summed E-state index contributed by atoms with van der Waals surface area (Å²) in [6, 6.07) is 13.0. The van der Waals surface area contributed by atoms with E-state index >= 15 is 0 Å². The molecule has 0 bridgehead atoms. The molecule has 116 valence electrons. The third kappa shape index (κ3) is 3.81. The molecule has 2 aromatic rings. The quantitative estimate of drug-likeness (QED) is 0.621. The van der Waals surface area contributed by atoms with E-state index in [4.69, 9.17) is 36.5 Å². The predicted octanol–water partition coefficient (Wildman–Crippen LogP) is 3.71. The first kappa shape index (κ1) is 16.8. The molecule has 0 unspecified atom stereocenters. The third-order valence-electron chi connectivity index (χ3n) is 2.89. The van der Waals surface area contributed by atoms with E-state index < -0.39 is 5.97 Å². The number of furan rings is 1. The molecule has 0 aliphatic heterocycles. The number of rotatable bonds is 4. The molecule has 0 spiro atoms. The van der Waals surface area contributed by atoms with Crippen molar-refractivity contribution in [3.8, 4) is 29.5 Å². The van der Waals surface area contributed by atoms with Crippen LogP contribution in [0.3, 0.4) is 0 Å². The van der Waals surface area contributed by atoms with Gasteiger partial charge in [-0.05, 0) is 30.3 Å². The van der Waals surface area contributed by atoms with E-state index in [1.165, 1.54) is 18.2 Å². The van der Waals surface area contributed by atoms with Crippen LogP contribution in [0.2, 0.25) is 5.02 Å². The summed E-state index contributed by atoms with van der Waals surface area (Å²) in [6.45, 7) is -0.375. The van der Waals surface area contributed by atoms with Gasteiger partial charge in [-0.1, -0.05) is 11.6 Å². The van der Waals surface area contributed by atoms with Crippen LogP contribution in [-0.4, -0.2) is 12.6 Å². The van der Waals surface area contributed by atoms with Crippen LogP contribution in [0.1, 0.15) is 16.1 Å². The molecule has 0 N–H and O–H groups in total. The lowest BCUT2D eigenvalue weighted by molar-refractivity contribution is 0.0555. The molecule has 1 heterocycles. The van der Waals surface area contributed by atoms with Gasteiger partial charge in [-0.25, -0.2) is 4.79 Å². The van der Waals surface area contributed by atoms with E-state index in [9.17, 15) is 4.79 Å². The number of hydrogen-bond acceptors (Lipinski definition) is 6. The van der Waals surface area contributed by atoms with Gasteiger partial charge in [-0.3, -0.25) is 0 Å². The number of halogens is 1. The number of allylic oxidation sites excluding steroid dienone is 1. The second-order valence-corrected chi connectivity index (χ2v) is 4.82. The van der Waals surface area contributed by atoms with Crippen molar-refractivity contribution in [3.63, 3.8) is 0 Å². The van der Waals surface area contributed by atoms with Gasteiger partial charge in [0.15, 0.2) is 6.61 Å². The Balaban J connectivity index is 2.35. The summed E-state index contributed by atoms with van der Waals surface area (Å²) in [5, 5.41) is 26.1. The normalized spacial score (nSPS) is 9.25. The average molecular weight is 338 g/mol. The van der Waals surface area contributed by atoms with Crippen molar-refractivity contribution in [2.24, 2.45) is 0 Å². The van der Waals surface area contributed by atoms with Gasteiger partial charge in [0, 0.05) is 11.6 Å². The van der Waals surface area contributed by atoms with E-state index in [2.05, 4.69) is 0 Å². The standard InChI is InChI=1S/C17H8ClN3O3/c18-15-3-1-12(8-14(15)17(22)23-6-5-19)16-4-2-13(24-16)7-11(9-20)10-21/h1-4,7-8H,6H2. The molecular weight excluding hydrogens is 330 g/mol. The Morgan fingerprint density at radius 1 is 1.21 bits per heavy atom. The van der Waals surface area contributed by atoms with E-state index in [1.807, 2.05) is 0 Å². The summed E-state index contributed by atoms with van der Waals surface area (Å²) in [5.41, 5.74) is 0.568. The summed E-state index contributed by atoms with van der Waals surface area (Å²) < 4.78 is 10.3. The van der Waals surface area contributed by atoms with Crippen molar-refractivity contribution in [3.05, 3.63) is 52.3 Å². The van der Waals surface area contributed by atoms with Gasteiger partial charge in [0.25, 0.3) is 0 Å². The molecule has 1 aromatic heterocycles. The van der Waals surface area contributed by atoms with Gasteiger partial charge in [-0.2, -0.15) is 15.8 Å². The summed E-state index contributed by atoms with van der Waals surface area (Å²) in [7, 11) is 0. The van der Waals surface area contributed by atoms with Crippen molar-refractivity contribution < 1.29 is 13.9 Å². The highest BCUT2D eigenvalue weighted by Gasteiger charge is 2.14. The maximum absolute atomic E-state index is 11.9. The molecule has 0 saturated heterocycles. The highest BCUT2D eigenvalue weighted by Crippen LogP contribution is 2.28. The molecule has 6 nitrogen and oxygen atoms in total. The fourth-order valence-electron chi connectivity index (χ4n) is 1.83. The summed E-state index contributed by atoms with van der Waals surface area (Å²) >= 11 is 5.97. The van der Waals surface area contributed by atoms with Crippen molar-refractivity contribution in [1.82, 2.24) is 0 Å². The van der Waals surface area contributed by atoms with Crippen molar-refractivity contribution in [2.45, 2.75) is 0 Å². The van der Waals surface area contributed by atoms with Gasteiger partial charge in [0.05, 0.1) is 10.6 Å². The second kappa shape index (κ2) is 7.65. The first-order valence-electron chi connectivity index (χ1n) is 6.54. The van der Waals surface area contributed by atoms with Gasteiger partial charge in [0.1, 0.15) is 35.3 Å². The Kier molecular flexibility index (Phi) is 5.36. The number of esters is 1. The fraction of sp³-hybridized carbons (Fsp3) is 0.0588. The zero-order chi connectivity index (χ0) is 17.5. The minimum Gasteiger partial charge on any atom is -0.457 e. The van der Waals surface area contributed by atoms with E-state index in [0.29, 0.717) is 17.1 Å². The molecule has 0 radical (unpaired) electrons. The Morgan fingerprint density at radius 2 is 1.96 bits per heavy atom. The molecule has 0 aliphatic rings. The molecule has 24 heavy (non-hydrogen) atoms. The lowest BCUT2D eigenvalue weighted by atomic mass is 10.1. The summed E-state index contributed by atoms with van der Waals surface area (Å²) in [4.78, 5) is 11.9. The molecule has 2 rings (SSSR count).